The van der Waals surface area contributed by atoms with Gasteiger partial charge in [-0.2, -0.15) is 5.10 Å². The van der Waals surface area contributed by atoms with Gasteiger partial charge in [0.1, 0.15) is 11.6 Å². The van der Waals surface area contributed by atoms with E-state index in [9.17, 15) is 4.79 Å². The van der Waals surface area contributed by atoms with Crippen LogP contribution in [0.1, 0.15) is 0 Å². The van der Waals surface area contributed by atoms with E-state index in [-0.39, 0.29) is 11.7 Å². The van der Waals surface area contributed by atoms with Crippen molar-refractivity contribution in [3.05, 3.63) is 91.0 Å². The van der Waals surface area contributed by atoms with Crippen LogP contribution in [0.15, 0.2) is 96.2 Å². The maximum absolute atomic E-state index is 12.9. The van der Waals surface area contributed by atoms with Gasteiger partial charge in [-0.05, 0) is 36.4 Å². The van der Waals surface area contributed by atoms with Gasteiger partial charge in [-0.15, -0.1) is 10.2 Å². The third kappa shape index (κ3) is 5.01. The number of benzene rings is 3. The Morgan fingerprint density at radius 3 is 2.31 bits per heavy atom. The number of para-hydroxylation sites is 1. The van der Waals surface area contributed by atoms with Crippen molar-refractivity contribution in [2.45, 2.75) is 5.16 Å². The average molecular weight is 497 g/mol. The zero-order valence-electron chi connectivity index (χ0n) is 19.8. The quantitative estimate of drug-likeness (QED) is 0.302. The molecule has 3 aromatic carbocycles. The lowest BCUT2D eigenvalue weighted by molar-refractivity contribution is -0.113. The van der Waals surface area contributed by atoms with Gasteiger partial charge in [-0.1, -0.05) is 60.3 Å². The Morgan fingerprint density at radius 1 is 0.917 bits per heavy atom. The summed E-state index contributed by atoms with van der Waals surface area (Å²) >= 11 is 1.33. The van der Waals surface area contributed by atoms with Crippen LogP contribution in [0.2, 0.25) is 0 Å². The first-order valence-electron chi connectivity index (χ1n) is 11.3. The summed E-state index contributed by atoms with van der Waals surface area (Å²) in [5, 5.41) is 17.0. The number of ether oxygens (including phenoxy) is 1. The molecule has 1 amide bonds. The molecule has 5 rings (SSSR count). The fraction of sp³-hybridized carbons (Fsp3) is 0.111. The Labute approximate surface area is 213 Å². The van der Waals surface area contributed by atoms with Gasteiger partial charge in [0.05, 0.1) is 24.2 Å². The Bertz CT molecular complexity index is 1460. The summed E-state index contributed by atoms with van der Waals surface area (Å²) in [6, 6.07) is 29.1. The summed E-state index contributed by atoms with van der Waals surface area (Å²) in [5.41, 5.74) is 3.53. The Hall–Kier alpha value is -4.37. The van der Waals surface area contributed by atoms with Crippen LogP contribution < -0.4 is 10.1 Å². The molecule has 0 fully saturated rings. The van der Waals surface area contributed by atoms with Crippen molar-refractivity contribution in [3.8, 4) is 34.1 Å². The molecular weight excluding hydrogens is 472 g/mol. The minimum absolute atomic E-state index is 0.161. The molecule has 0 radical (unpaired) electrons. The summed E-state index contributed by atoms with van der Waals surface area (Å²) in [5.74, 6) is 2.11. The monoisotopic (exact) mass is 496 g/mol. The van der Waals surface area contributed by atoms with Gasteiger partial charge < -0.3 is 14.6 Å². The molecule has 0 unspecified atom stereocenters. The van der Waals surface area contributed by atoms with Crippen LogP contribution in [0, 0.1) is 0 Å². The first-order chi connectivity index (χ1) is 17.6. The summed E-state index contributed by atoms with van der Waals surface area (Å²) in [7, 11) is 3.52. The summed E-state index contributed by atoms with van der Waals surface area (Å²) in [6.45, 7) is 0. The van der Waals surface area contributed by atoms with Gasteiger partial charge in [0.2, 0.25) is 5.91 Å². The van der Waals surface area contributed by atoms with Crippen molar-refractivity contribution in [1.29, 1.82) is 0 Å². The van der Waals surface area contributed by atoms with E-state index in [2.05, 4.69) is 15.5 Å². The Kier molecular flexibility index (Phi) is 6.81. The largest absolute Gasteiger partial charge is 0.497 e. The van der Waals surface area contributed by atoms with E-state index in [1.807, 2.05) is 103 Å². The van der Waals surface area contributed by atoms with Crippen LogP contribution in [-0.2, 0) is 11.8 Å². The van der Waals surface area contributed by atoms with Gasteiger partial charge in [0.15, 0.2) is 11.0 Å². The van der Waals surface area contributed by atoms with Crippen molar-refractivity contribution >= 4 is 23.5 Å². The van der Waals surface area contributed by atoms with Crippen molar-refractivity contribution in [1.82, 2.24) is 24.5 Å². The third-order valence-electron chi connectivity index (χ3n) is 5.56. The number of rotatable bonds is 8. The zero-order valence-corrected chi connectivity index (χ0v) is 20.6. The number of nitrogens with zero attached hydrogens (tertiary/aromatic N) is 5. The number of anilines is 1. The van der Waals surface area contributed by atoms with E-state index in [1.54, 1.807) is 11.8 Å². The molecule has 0 atom stereocenters. The number of aromatic nitrogens is 5. The summed E-state index contributed by atoms with van der Waals surface area (Å²) < 4.78 is 8.84. The highest BCUT2D eigenvalue weighted by atomic mass is 32.2. The maximum atomic E-state index is 12.9. The molecule has 0 aliphatic rings. The molecule has 0 saturated carbocycles. The number of nitrogens with one attached hydrogen (secondary N) is 1. The minimum Gasteiger partial charge on any atom is -0.497 e. The van der Waals surface area contributed by atoms with Crippen LogP contribution in [0.3, 0.4) is 0 Å². The normalized spacial score (nSPS) is 10.8. The van der Waals surface area contributed by atoms with Gasteiger partial charge in [0.25, 0.3) is 0 Å². The highest BCUT2D eigenvalue weighted by molar-refractivity contribution is 7.99. The molecule has 0 bridgehead atoms. The number of amides is 1. The number of carbonyl (C=O) groups is 1. The van der Waals surface area contributed by atoms with E-state index >= 15 is 0 Å². The molecule has 1 N–H and O–H groups in total. The fourth-order valence-corrected chi connectivity index (χ4v) is 4.44. The topological polar surface area (TPSA) is 86.9 Å². The highest BCUT2D eigenvalue weighted by Crippen LogP contribution is 2.27. The number of methoxy groups -OCH3 is 1. The molecule has 2 heterocycles. The Morgan fingerprint density at radius 2 is 1.61 bits per heavy atom. The van der Waals surface area contributed by atoms with Crippen LogP contribution >= 0.6 is 11.8 Å². The predicted octanol–water partition coefficient (Wildman–Crippen LogP) is 5.07. The first kappa shape index (κ1) is 23.4. The van der Waals surface area contributed by atoms with Crippen LogP contribution in [0.25, 0.3) is 28.3 Å². The van der Waals surface area contributed by atoms with E-state index in [4.69, 9.17) is 9.84 Å². The second-order valence-electron chi connectivity index (χ2n) is 7.96. The minimum atomic E-state index is -0.161. The molecule has 0 spiro atoms. The summed E-state index contributed by atoms with van der Waals surface area (Å²) in [6.07, 6.45) is 0. The molecule has 180 valence electrons. The van der Waals surface area contributed by atoms with Gasteiger partial charge in [0, 0.05) is 24.2 Å². The van der Waals surface area contributed by atoms with Crippen LogP contribution in [-0.4, -0.2) is 43.3 Å². The predicted molar refractivity (Wildman–Crippen MR) is 141 cm³/mol. The second-order valence-corrected chi connectivity index (χ2v) is 8.90. The smallest absolute Gasteiger partial charge is 0.236 e. The molecular formula is C27H24N6O2S. The number of carbonyl (C=O) groups excluding carboxylic acids is 1. The van der Waals surface area contributed by atoms with E-state index in [0.717, 1.165) is 34.1 Å². The van der Waals surface area contributed by atoms with Crippen LogP contribution in [0.4, 0.5) is 5.82 Å². The molecule has 8 nitrogen and oxygen atoms in total. The van der Waals surface area contributed by atoms with E-state index < -0.39 is 0 Å². The Balaban J connectivity index is 1.32. The number of hydrogen-bond donors (Lipinski definition) is 1. The lowest BCUT2D eigenvalue weighted by Crippen LogP contribution is -2.17. The maximum Gasteiger partial charge on any atom is 0.236 e. The molecule has 2 aromatic heterocycles. The van der Waals surface area contributed by atoms with Gasteiger partial charge >= 0.3 is 0 Å². The van der Waals surface area contributed by atoms with Gasteiger partial charge in [-0.25, -0.2) is 4.68 Å². The zero-order chi connectivity index (χ0) is 24.9. The number of thioether (sulfide) groups is 1. The molecule has 5 aromatic rings. The highest BCUT2D eigenvalue weighted by Gasteiger charge is 2.16. The van der Waals surface area contributed by atoms with Gasteiger partial charge in [-0.3, -0.25) is 4.79 Å². The van der Waals surface area contributed by atoms with E-state index in [1.165, 1.54) is 11.8 Å². The second kappa shape index (κ2) is 10.5. The summed E-state index contributed by atoms with van der Waals surface area (Å²) in [4.78, 5) is 12.9. The number of hydrogen-bond acceptors (Lipinski definition) is 6. The fourth-order valence-electron chi connectivity index (χ4n) is 3.73. The van der Waals surface area contributed by atoms with E-state index in [0.29, 0.717) is 11.0 Å². The SMILES string of the molecule is COc1ccc(-c2nnc(SCC(=O)Nc3cc(-c4ccccc4)nn3-c3ccccc3)n2C)cc1. The first-order valence-corrected chi connectivity index (χ1v) is 12.3. The molecule has 9 heteroatoms. The lowest BCUT2D eigenvalue weighted by atomic mass is 10.2. The van der Waals surface area contributed by atoms with Crippen LogP contribution in [0.5, 0.6) is 5.75 Å². The standard InChI is InChI=1S/C27H24N6O2S/c1-32-26(20-13-15-22(35-2)16-14-20)29-30-27(32)36-18-25(34)28-24-17-23(19-9-5-3-6-10-19)31-33(24)21-11-7-4-8-12-21/h3-17H,18H2,1-2H3,(H,28,34). The molecule has 0 aliphatic carbocycles. The molecule has 36 heavy (non-hydrogen) atoms. The average Bonchev–Trinajstić information content (AvgIpc) is 3.52. The third-order valence-corrected chi connectivity index (χ3v) is 6.58. The van der Waals surface area contributed by atoms with Crippen molar-refractivity contribution < 1.29 is 9.53 Å². The van der Waals surface area contributed by atoms with Crippen molar-refractivity contribution in [2.75, 3.05) is 18.2 Å². The molecule has 0 saturated heterocycles. The lowest BCUT2D eigenvalue weighted by Gasteiger charge is -2.09. The van der Waals surface area contributed by atoms with Crippen molar-refractivity contribution in [3.63, 3.8) is 0 Å². The molecule has 0 aliphatic heterocycles. The van der Waals surface area contributed by atoms with Crippen molar-refractivity contribution in [2.24, 2.45) is 7.05 Å².